The Balaban J connectivity index is 2.37. The minimum Gasteiger partial charge on any atom is -0.462 e. The summed E-state index contributed by atoms with van der Waals surface area (Å²) < 4.78 is 11.5. The molecule has 0 heterocycles. The van der Waals surface area contributed by atoms with Gasteiger partial charge in [0.15, 0.2) is 0 Å². The molecule has 0 fully saturated rings. The maximum atomic E-state index is 12.8. The highest BCUT2D eigenvalue weighted by Crippen LogP contribution is 2.29. The van der Waals surface area contributed by atoms with Crippen molar-refractivity contribution in [2.45, 2.75) is 143 Å². The zero-order valence-corrected chi connectivity index (χ0v) is 21.4. The summed E-state index contributed by atoms with van der Waals surface area (Å²) in [4.78, 5) is 25.6. The molecular formula is C28H50O4. The maximum absolute atomic E-state index is 12.8. The molecule has 0 radical (unpaired) electrons. The molecule has 0 bridgehead atoms. The van der Waals surface area contributed by atoms with Gasteiger partial charge in [0.1, 0.15) is 0 Å². The predicted molar refractivity (Wildman–Crippen MR) is 132 cm³/mol. The van der Waals surface area contributed by atoms with Crippen LogP contribution >= 0.6 is 0 Å². The highest BCUT2D eigenvalue weighted by molar-refractivity contribution is 5.83. The number of rotatable bonds is 18. The number of esters is 2. The van der Waals surface area contributed by atoms with E-state index in [-0.39, 0.29) is 24.1 Å². The lowest BCUT2D eigenvalue weighted by Gasteiger charge is -2.28. The first-order valence-corrected chi connectivity index (χ1v) is 13.6. The molecule has 1 aliphatic rings. The average Bonchev–Trinajstić information content (AvgIpc) is 2.78. The first-order chi connectivity index (χ1) is 15.5. The summed E-state index contributed by atoms with van der Waals surface area (Å²) in [5.41, 5.74) is 0. The standard InChI is InChI=1S/C28H50O4/c1-5-7-9-11-13-15-19-23(3)31-27(29)25-21-17-18-22-26(25)28(30)32-24(4)20-16-14-12-10-8-6-2/h17-18,23-26H,5-16,19-22H2,1-4H3. The van der Waals surface area contributed by atoms with E-state index >= 15 is 0 Å². The topological polar surface area (TPSA) is 52.6 Å². The quantitative estimate of drug-likeness (QED) is 0.121. The average molecular weight is 451 g/mol. The van der Waals surface area contributed by atoms with Gasteiger partial charge in [-0.2, -0.15) is 0 Å². The Hall–Kier alpha value is -1.32. The number of ether oxygens (including phenoxy) is 2. The Morgan fingerprint density at radius 1 is 0.656 bits per heavy atom. The molecule has 4 atom stereocenters. The Morgan fingerprint density at radius 2 is 1.00 bits per heavy atom. The second kappa shape index (κ2) is 18.1. The molecule has 4 unspecified atom stereocenters. The van der Waals surface area contributed by atoms with Crippen LogP contribution in [0.4, 0.5) is 0 Å². The first kappa shape index (κ1) is 28.7. The first-order valence-electron chi connectivity index (χ1n) is 13.6. The molecule has 0 amide bonds. The molecule has 0 spiro atoms. The van der Waals surface area contributed by atoms with E-state index in [0.717, 1.165) is 25.7 Å². The zero-order chi connectivity index (χ0) is 23.6. The van der Waals surface area contributed by atoms with Crippen molar-refractivity contribution < 1.29 is 19.1 Å². The Morgan fingerprint density at radius 3 is 1.38 bits per heavy atom. The molecule has 0 saturated carbocycles. The van der Waals surface area contributed by atoms with Crippen LogP contribution in [0.3, 0.4) is 0 Å². The van der Waals surface area contributed by atoms with E-state index in [4.69, 9.17) is 9.47 Å². The summed E-state index contributed by atoms with van der Waals surface area (Å²) in [7, 11) is 0. The fourth-order valence-corrected chi connectivity index (χ4v) is 4.45. The van der Waals surface area contributed by atoms with Gasteiger partial charge in [-0.05, 0) is 52.4 Å². The Labute approximate surface area is 197 Å². The molecular weight excluding hydrogens is 400 g/mol. The molecule has 0 aromatic carbocycles. The van der Waals surface area contributed by atoms with Crippen LogP contribution in [0.5, 0.6) is 0 Å². The van der Waals surface area contributed by atoms with Gasteiger partial charge in [-0.1, -0.05) is 90.2 Å². The third-order valence-corrected chi connectivity index (χ3v) is 6.60. The van der Waals surface area contributed by atoms with E-state index in [1.54, 1.807) is 0 Å². The lowest BCUT2D eigenvalue weighted by atomic mass is 9.83. The van der Waals surface area contributed by atoms with Crippen molar-refractivity contribution >= 4 is 11.9 Å². The summed E-state index contributed by atoms with van der Waals surface area (Å²) in [6, 6.07) is 0. The molecule has 1 rings (SSSR count). The van der Waals surface area contributed by atoms with E-state index in [0.29, 0.717) is 12.8 Å². The lowest BCUT2D eigenvalue weighted by Crippen LogP contribution is -2.36. The lowest BCUT2D eigenvalue weighted by molar-refractivity contribution is -0.166. The minimum absolute atomic E-state index is 0.0946. The van der Waals surface area contributed by atoms with E-state index < -0.39 is 11.8 Å². The number of hydrogen-bond acceptors (Lipinski definition) is 4. The minimum atomic E-state index is -0.416. The fraction of sp³-hybridized carbons (Fsp3) is 0.857. The van der Waals surface area contributed by atoms with Crippen LogP contribution < -0.4 is 0 Å². The molecule has 4 heteroatoms. The highest BCUT2D eigenvalue weighted by Gasteiger charge is 2.37. The van der Waals surface area contributed by atoms with Crippen LogP contribution in [0.2, 0.25) is 0 Å². The van der Waals surface area contributed by atoms with Gasteiger partial charge >= 0.3 is 11.9 Å². The number of hydrogen-bond donors (Lipinski definition) is 0. The molecule has 1 aliphatic carbocycles. The second-order valence-corrected chi connectivity index (χ2v) is 9.76. The van der Waals surface area contributed by atoms with Crippen LogP contribution in [-0.4, -0.2) is 24.1 Å². The molecule has 32 heavy (non-hydrogen) atoms. The summed E-state index contributed by atoms with van der Waals surface area (Å²) in [5, 5.41) is 0. The smallest absolute Gasteiger partial charge is 0.310 e. The maximum Gasteiger partial charge on any atom is 0.310 e. The second-order valence-electron chi connectivity index (χ2n) is 9.76. The summed E-state index contributed by atoms with van der Waals surface area (Å²) in [6.45, 7) is 8.39. The summed E-state index contributed by atoms with van der Waals surface area (Å²) in [6.07, 6.45) is 21.5. The van der Waals surface area contributed by atoms with Crippen LogP contribution in [0.25, 0.3) is 0 Å². The van der Waals surface area contributed by atoms with Crippen LogP contribution in [0.15, 0.2) is 12.2 Å². The largest absolute Gasteiger partial charge is 0.462 e. The Bertz CT molecular complexity index is 482. The molecule has 0 saturated heterocycles. The van der Waals surface area contributed by atoms with Crippen molar-refractivity contribution in [1.82, 2.24) is 0 Å². The zero-order valence-electron chi connectivity index (χ0n) is 21.4. The van der Waals surface area contributed by atoms with E-state index in [2.05, 4.69) is 13.8 Å². The van der Waals surface area contributed by atoms with E-state index in [1.807, 2.05) is 26.0 Å². The molecule has 0 aliphatic heterocycles. The molecule has 0 aromatic rings. The number of allylic oxidation sites excluding steroid dienone is 2. The van der Waals surface area contributed by atoms with Crippen LogP contribution in [0.1, 0.15) is 130 Å². The van der Waals surface area contributed by atoms with Gasteiger partial charge < -0.3 is 9.47 Å². The fourth-order valence-electron chi connectivity index (χ4n) is 4.45. The SMILES string of the molecule is CCCCCCCCC(C)OC(=O)C1CC=CCC1C(=O)OC(C)CCCCCCCC. The van der Waals surface area contributed by atoms with Crippen LogP contribution in [-0.2, 0) is 19.1 Å². The van der Waals surface area contributed by atoms with Gasteiger partial charge in [0, 0.05) is 0 Å². The van der Waals surface area contributed by atoms with Crippen molar-refractivity contribution in [3.8, 4) is 0 Å². The summed E-state index contributed by atoms with van der Waals surface area (Å²) >= 11 is 0. The number of carbonyl (C=O) groups is 2. The van der Waals surface area contributed by atoms with Gasteiger partial charge in [-0.25, -0.2) is 0 Å². The highest BCUT2D eigenvalue weighted by atomic mass is 16.6. The normalized spacial score (nSPS) is 20.0. The monoisotopic (exact) mass is 450 g/mol. The molecule has 4 nitrogen and oxygen atoms in total. The number of unbranched alkanes of at least 4 members (excludes halogenated alkanes) is 10. The molecule has 0 N–H and O–H groups in total. The van der Waals surface area contributed by atoms with Crippen molar-refractivity contribution in [2.75, 3.05) is 0 Å². The predicted octanol–water partition coefficient (Wildman–Crippen LogP) is 7.93. The van der Waals surface area contributed by atoms with Gasteiger partial charge in [0.2, 0.25) is 0 Å². The van der Waals surface area contributed by atoms with Gasteiger partial charge in [-0.3, -0.25) is 9.59 Å². The Kier molecular flexibility index (Phi) is 16.3. The van der Waals surface area contributed by atoms with Crippen molar-refractivity contribution in [3.63, 3.8) is 0 Å². The summed E-state index contributed by atoms with van der Waals surface area (Å²) in [5.74, 6) is -1.31. The molecule has 186 valence electrons. The van der Waals surface area contributed by atoms with Crippen molar-refractivity contribution in [3.05, 3.63) is 12.2 Å². The van der Waals surface area contributed by atoms with Crippen molar-refractivity contribution in [1.29, 1.82) is 0 Å². The van der Waals surface area contributed by atoms with E-state index in [9.17, 15) is 9.59 Å². The van der Waals surface area contributed by atoms with Gasteiger partial charge in [0.05, 0.1) is 24.0 Å². The van der Waals surface area contributed by atoms with Gasteiger partial charge in [-0.15, -0.1) is 0 Å². The number of carbonyl (C=O) groups excluding carboxylic acids is 2. The third-order valence-electron chi connectivity index (χ3n) is 6.60. The van der Waals surface area contributed by atoms with Crippen molar-refractivity contribution in [2.24, 2.45) is 11.8 Å². The molecule has 0 aromatic heterocycles. The third kappa shape index (κ3) is 12.6. The van der Waals surface area contributed by atoms with Crippen LogP contribution in [0, 0.1) is 11.8 Å². The van der Waals surface area contributed by atoms with E-state index in [1.165, 1.54) is 64.2 Å². The van der Waals surface area contributed by atoms with Gasteiger partial charge in [0.25, 0.3) is 0 Å².